The van der Waals surface area contributed by atoms with E-state index >= 15 is 0 Å². The topological polar surface area (TPSA) is 46.5 Å². The zero-order valence-corrected chi connectivity index (χ0v) is 8.11. The van der Waals surface area contributed by atoms with Gasteiger partial charge in [-0.15, -0.1) is 11.3 Å². The zero-order chi connectivity index (χ0) is 10.8. The Balaban J connectivity index is 2.93. The first-order valence-corrected chi connectivity index (χ1v) is 4.50. The number of halogens is 2. The third kappa shape index (κ3) is 2.08. The molecule has 14 heavy (non-hydrogen) atoms. The minimum absolute atomic E-state index is 0.0932. The summed E-state index contributed by atoms with van der Waals surface area (Å²) in [5.74, 6) is -3.95. The van der Waals surface area contributed by atoms with E-state index in [9.17, 15) is 13.6 Å². The van der Waals surface area contributed by atoms with Gasteiger partial charge in [0.1, 0.15) is 11.5 Å². The molecule has 0 saturated heterocycles. The van der Waals surface area contributed by atoms with E-state index in [0.29, 0.717) is 11.3 Å². The molecule has 78 valence electrons. The van der Waals surface area contributed by atoms with Crippen LogP contribution in [-0.4, -0.2) is 24.8 Å². The maximum Gasteiger partial charge on any atom is 0.348 e. The highest BCUT2D eigenvalue weighted by Crippen LogP contribution is 2.33. The van der Waals surface area contributed by atoms with Crippen LogP contribution in [0.2, 0.25) is 0 Å². The van der Waals surface area contributed by atoms with E-state index in [1.165, 1.54) is 13.2 Å². The number of alkyl halides is 2. The quantitative estimate of drug-likeness (QED) is 0.790. The maximum absolute atomic E-state index is 12.9. The van der Waals surface area contributed by atoms with Crippen LogP contribution < -0.4 is 0 Å². The first-order chi connectivity index (χ1) is 6.51. The number of esters is 1. The Hall–Kier alpha value is -1.01. The average Bonchev–Trinajstić information content (AvgIpc) is 2.66. The number of methoxy groups -OCH3 is 1. The van der Waals surface area contributed by atoms with E-state index in [4.69, 9.17) is 5.11 Å². The van der Waals surface area contributed by atoms with Crippen LogP contribution in [0.25, 0.3) is 0 Å². The van der Waals surface area contributed by atoms with Gasteiger partial charge in [-0.25, -0.2) is 4.79 Å². The molecule has 0 aromatic carbocycles. The fourth-order valence-electron chi connectivity index (χ4n) is 0.823. The predicted molar refractivity (Wildman–Crippen MR) is 46.6 cm³/mol. The third-order valence-electron chi connectivity index (χ3n) is 1.55. The number of ether oxygens (including phenoxy) is 1. The Labute approximate surface area is 82.9 Å². The van der Waals surface area contributed by atoms with Crippen molar-refractivity contribution in [3.05, 3.63) is 21.9 Å². The third-order valence-corrected chi connectivity index (χ3v) is 2.73. The van der Waals surface area contributed by atoms with Gasteiger partial charge in [0.05, 0.1) is 12.0 Å². The van der Waals surface area contributed by atoms with Crippen molar-refractivity contribution in [2.24, 2.45) is 0 Å². The molecular weight excluding hydrogens is 214 g/mol. The molecule has 0 saturated carbocycles. The summed E-state index contributed by atoms with van der Waals surface area (Å²) in [4.78, 5) is 10.7. The smallest absolute Gasteiger partial charge is 0.348 e. The lowest BCUT2D eigenvalue weighted by atomic mass is 10.3. The highest BCUT2D eigenvalue weighted by Gasteiger charge is 2.32. The average molecular weight is 222 g/mol. The van der Waals surface area contributed by atoms with Crippen LogP contribution >= 0.6 is 11.3 Å². The lowest BCUT2D eigenvalue weighted by Gasteiger charge is -2.09. The second-order valence-electron chi connectivity index (χ2n) is 2.52. The minimum Gasteiger partial charge on any atom is -0.465 e. The summed E-state index contributed by atoms with van der Waals surface area (Å²) in [6.07, 6.45) is 0. The van der Waals surface area contributed by atoms with Gasteiger partial charge in [-0.1, -0.05) is 0 Å². The predicted octanol–water partition coefficient (Wildman–Crippen LogP) is 1.62. The fraction of sp³-hybridized carbons (Fsp3) is 0.375. The minimum atomic E-state index is -3.29. The number of hydrogen-bond donors (Lipinski definition) is 1. The van der Waals surface area contributed by atoms with Gasteiger partial charge in [0.15, 0.2) is 0 Å². The summed E-state index contributed by atoms with van der Waals surface area (Å²) in [7, 11) is 1.17. The highest BCUT2D eigenvalue weighted by molar-refractivity contribution is 7.14. The van der Waals surface area contributed by atoms with Crippen molar-refractivity contribution in [3.8, 4) is 0 Å². The Morgan fingerprint density at radius 3 is 2.79 bits per heavy atom. The molecule has 0 spiro atoms. The Kier molecular flexibility index (Phi) is 3.17. The van der Waals surface area contributed by atoms with E-state index in [2.05, 4.69) is 4.74 Å². The van der Waals surface area contributed by atoms with E-state index in [-0.39, 0.29) is 9.75 Å². The van der Waals surface area contributed by atoms with Crippen LogP contribution in [0.15, 0.2) is 12.1 Å². The van der Waals surface area contributed by atoms with Crippen molar-refractivity contribution in [2.45, 2.75) is 5.92 Å². The molecule has 1 aromatic rings. The molecule has 0 radical (unpaired) electrons. The van der Waals surface area contributed by atoms with Gasteiger partial charge in [-0.3, -0.25) is 0 Å². The van der Waals surface area contributed by atoms with Crippen LogP contribution in [0.4, 0.5) is 8.78 Å². The van der Waals surface area contributed by atoms with Crippen molar-refractivity contribution in [1.82, 2.24) is 0 Å². The van der Waals surface area contributed by atoms with Gasteiger partial charge >= 0.3 is 11.9 Å². The standard InChI is InChI=1S/C8H8F2O3S/c1-13-7(12)5-2-3-6(14-5)8(9,10)4-11/h2-3,11H,4H2,1H3. The second kappa shape index (κ2) is 4.02. The van der Waals surface area contributed by atoms with Crippen molar-refractivity contribution in [2.75, 3.05) is 13.7 Å². The molecule has 3 nitrogen and oxygen atoms in total. The van der Waals surface area contributed by atoms with E-state index < -0.39 is 18.5 Å². The number of aliphatic hydroxyl groups excluding tert-OH is 1. The Morgan fingerprint density at radius 1 is 1.64 bits per heavy atom. The molecular formula is C8H8F2O3S. The fourth-order valence-corrected chi connectivity index (χ4v) is 1.71. The monoisotopic (exact) mass is 222 g/mol. The largest absolute Gasteiger partial charge is 0.465 e. The molecule has 0 fully saturated rings. The molecule has 6 heteroatoms. The lowest BCUT2D eigenvalue weighted by Crippen LogP contribution is -2.16. The Morgan fingerprint density at radius 2 is 2.29 bits per heavy atom. The number of rotatable bonds is 3. The van der Waals surface area contributed by atoms with Crippen LogP contribution in [0.5, 0.6) is 0 Å². The van der Waals surface area contributed by atoms with Crippen molar-refractivity contribution in [3.63, 3.8) is 0 Å². The summed E-state index contributed by atoms with van der Waals surface area (Å²) in [5.41, 5.74) is 0. The van der Waals surface area contributed by atoms with Crippen molar-refractivity contribution >= 4 is 17.3 Å². The molecule has 0 bridgehead atoms. The zero-order valence-electron chi connectivity index (χ0n) is 7.29. The number of carbonyl (C=O) groups excluding carboxylic acids is 1. The van der Waals surface area contributed by atoms with Gasteiger partial charge in [-0.2, -0.15) is 8.78 Å². The molecule has 0 aliphatic heterocycles. The van der Waals surface area contributed by atoms with Crippen LogP contribution in [0.3, 0.4) is 0 Å². The van der Waals surface area contributed by atoms with Gasteiger partial charge in [0.2, 0.25) is 0 Å². The first kappa shape index (κ1) is 11.1. The second-order valence-corrected chi connectivity index (χ2v) is 3.60. The molecule has 0 aliphatic carbocycles. The molecule has 1 N–H and O–H groups in total. The van der Waals surface area contributed by atoms with Gasteiger partial charge in [0.25, 0.3) is 0 Å². The number of thiophene rings is 1. The summed E-state index contributed by atoms with van der Waals surface area (Å²) >= 11 is 0.613. The highest BCUT2D eigenvalue weighted by atomic mass is 32.1. The van der Waals surface area contributed by atoms with Gasteiger partial charge in [0, 0.05) is 0 Å². The number of aliphatic hydroxyl groups is 1. The molecule has 1 heterocycles. The van der Waals surface area contributed by atoms with Gasteiger partial charge < -0.3 is 9.84 Å². The van der Waals surface area contributed by atoms with Gasteiger partial charge in [-0.05, 0) is 12.1 Å². The van der Waals surface area contributed by atoms with Crippen LogP contribution in [-0.2, 0) is 10.7 Å². The van der Waals surface area contributed by atoms with Crippen molar-refractivity contribution in [1.29, 1.82) is 0 Å². The SMILES string of the molecule is COC(=O)c1ccc(C(F)(F)CO)s1. The van der Waals surface area contributed by atoms with Crippen molar-refractivity contribution < 1.29 is 23.4 Å². The summed E-state index contributed by atoms with van der Waals surface area (Å²) in [5, 5.41) is 8.39. The molecule has 0 amide bonds. The van der Waals surface area contributed by atoms with Crippen LogP contribution in [0.1, 0.15) is 14.5 Å². The molecule has 1 rings (SSSR count). The summed E-state index contributed by atoms with van der Waals surface area (Å²) < 4.78 is 30.1. The number of carbonyl (C=O) groups is 1. The molecule has 0 atom stereocenters. The molecule has 1 aromatic heterocycles. The summed E-state index contributed by atoms with van der Waals surface area (Å²) in [6, 6.07) is 2.35. The molecule has 0 unspecified atom stereocenters. The normalized spacial score (nSPS) is 11.4. The maximum atomic E-state index is 12.9. The molecule has 0 aliphatic rings. The van der Waals surface area contributed by atoms with E-state index in [1.54, 1.807) is 0 Å². The lowest BCUT2D eigenvalue weighted by molar-refractivity contribution is -0.0524. The first-order valence-electron chi connectivity index (χ1n) is 3.68. The summed E-state index contributed by atoms with van der Waals surface area (Å²) in [6.45, 7) is -1.27. The van der Waals surface area contributed by atoms with E-state index in [0.717, 1.165) is 6.07 Å². The van der Waals surface area contributed by atoms with Crippen LogP contribution in [0, 0.1) is 0 Å². The van der Waals surface area contributed by atoms with E-state index in [1.807, 2.05) is 0 Å². The Bertz CT molecular complexity index is 335. The number of hydrogen-bond acceptors (Lipinski definition) is 4.